The Bertz CT molecular complexity index is 230. The molecule has 2 heterocycles. The largest absolute Gasteiger partial charge is 0.354 e. The van der Waals surface area contributed by atoms with Crippen LogP contribution < -0.4 is 10.6 Å². The zero-order valence-corrected chi connectivity index (χ0v) is 13.1. The minimum atomic E-state index is 0.217. The topological polar surface area (TPSA) is 41.1 Å². The number of nitrogens with one attached hydrogen (secondary N) is 2. The van der Waals surface area contributed by atoms with Gasteiger partial charge in [0, 0.05) is 34.3 Å². The zero-order valence-electron chi connectivity index (χ0n) is 10.7. The molecule has 0 aromatic carbocycles. The van der Waals surface area contributed by atoms with Gasteiger partial charge in [0.25, 0.3) is 0 Å². The molecule has 2 aliphatic heterocycles. The molecule has 0 aliphatic carbocycles. The summed E-state index contributed by atoms with van der Waals surface area (Å²) >= 11 is 5.84. The molecule has 2 fully saturated rings. The van der Waals surface area contributed by atoms with Crippen LogP contribution in [0.2, 0.25) is 0 Å². The summed E-state index contributed by atoms with van der Waals surface area (Å²) in [5.74, 6) is 4.53. The summed E-state index contributed by atoms with van der Waals surface area (Å²) < 4.78 is 0. The van der Waals surface area contributed by atoms with Crippen LogP contribution in [0.1, 0.15) is 12.8 Å². The van der Waals surface area contributed by atoms with Crippen molar-refractivity contribution >= 4 is 41.2 Å². The highest BCUT2D eigenvalue weighted by Gasteiger charge is 2.17. The fraction of sp³-hybridized carbons (Fsp3) is 0.917. The first-order chi connectivity index (χ1) is 8.84. The van der Waals surface area contributed by atoms with Gasteiger partial charge >= 0.3 is 0 Å². The number of carbonyl (C=O) groups excluding carboxylic acids is 1. The van der Waals surface area contributed by atoms with Crippen molar-refractivity contribution in [2.75, 3.05) is 42.6 Å². The van der Waals surface area contributed by atoms with E-state index in [4.69, 9.17) is 0 Å². The molecule has 0 spiro atoms. The van der Waals surface area contributed by atoms with Crippen LogP contribution in [0.4, 0.5) is 0 Å². The van der Waals surface area contributed by atoms with Crippen LogP contribution in [-0.2, 0) is 4.79 Å². The van der Waals surface area contributed by atoms with Gasteiger partial charge in [0.2, 0.25) is 5.91 Å². The summed E-state index contributed by atoms with van der Waals surface area (Å²) in [6.07, 6.45) is 2.40. The maximum absolute atomic E-state index is 11.8. The van der Waals surface area contributed by atoms with Gasteiger partial charge in [0.05, 0.1) is 5.75 Å². The van der Waals surface area contributed by atoms with Gasteiger partial charge in [-0.1, -0.05) is 0 Å². The number of amides is 1. The van der Waals surface area contributed by atoms with Crippen LogP contribution in [0.25, 0.3) is 0 Å². The van der Waals surface area contributed by atoms with E-state index < -0.39 is 0 Å². The normalized spacial score (nSPS) is 25.9. The van der Waals surface area contributed by atoms with Gasteiger partial charge in [-0.2, -0.15) is 23.5 Å². The number of carbonyl (C=O) groups is 1. The van der Waals surface area contributed by atoms with Crippen LogP contribution in [0.15, 0.2) is 0 Å². The van der Waals surface area contributed by atoms with E-state index in [0.717, 1.165) is 19.6 Å². The molecule has 0 radical (unpaired) electrons. The highest BCUT2D eigenvalue weighted by molar-refractivity contribution is 8.06. The highest BCUT2D eigenvalue weighted by atomic mass is 32.2. The van der Waals surface area contributed by atoms with E-state index in [-0.39, 0.29) is 5.91 Å². The molecule has 2 rings (SSSR count). The minimum absolute atomic E-state index is 0.217. The van der Waals surface area contributed by atoms with Gasteiger partial charge in [0.15, 0.2) is 0 Å². The van der Waals surface area contributed by atoms with Gasteiger partial charge < -0.3 is 10.6 Å². The van der Waals surface area contributed by atoms with Crippen LogP contribution in [0.5, 0.6) is 0 Å². The third-order valence-electron chi connectivity index (χ3n) is 3.15. The molecule has 1 atom stereocenters. The van der Waals surface area contributed by atoms with Gasteiger partial charge in [0.1, 0.15) is 0 Å². The smallest absolute Gasteiger partial charge is 0.230 e. The molecule has 6 heteroatoms. The average Bonchev–Trinajstić information content (AvgIpc) is 2.45. The lowest BCUT2D eigenvalue weighted by Gasteiger charge is -2.23. The molecule has 18 heavy (non-hydrogen) atoms. The SMILES string of the molecule is O=C(CSC1CCNCC1)NCC1CSCCS1. The van der Waals surface area contributed by atoms with Crippen LogP contribution >= 0.6 is 35.3 Å². The Morgan fingerprint density at radius 1 is 1.33 bits per heavy atom. The lowest BCUT2D eigenvalue weighted by molar-refractivity contribution is -0.118. The van der Waals surface area contributed by atoms with Gasteiger partial charge in [-0.25, -0.2) is 0 Å². The highest BCUT2D eigenvalue weighted by Crippen LogP contribution is 2.23. The average molecular weight is 307 g/mol. The molecule has 1 amide bonds. The number of thioether (sulfide) groups is 3. The third-order valence-corrected chi connectivity index (χ3v) is 7.36. The first-order valence-electron chi connectivity index (χ1n) is 6.63. The second-order valence-corrected chi connectivity index (χ2v) is 8.48. The first-order valence-corrected chi connectivity index (χ1v) is 9.88. The molecular weight excluding hydrogens is 284 g/mol. The summed E-state index contributed by atoms with van der Waals surface area (Å²) in [6, 6.07) is 0. The summed E-state index contributed by atoms with van der Waals surface area (Å²) in [6.45, 7) is 3.06. The molecule has 0 saturated carbocycles. The molecular formula is C12H22N2OS3. The number of rotatable bonds is 5. The fourth-order valence-corrected chi connectivity index (χ4v) is 5.76. The molecule has 2 N–H and O–H groups in total. The van der Waals surface area contributed by atoms with Gasteiger partial charge in [-0.3, -0.25) is 4.79 Å². The third kappa shape index (κ3) is 5.63. The molecule has 2 saturated heterocycles. The Hall–Kier alpha value is 0.480. The van der Waals surface area contributed by atoms with Crippen LogP contribution in [0.3, 0.4) is 0 Å². The maximum atomic E-state index is 11.8. The zero-order chi connectivity index (χ0) is 12.6. The number of hydrogen-bond donors (Lipinski definition) is 2. The maximum Gasteiger partial charge on any atom is 0.230 e. The number of piperidine rings is 1. The van der Waals surface area contributed by atoms with E-state index >= 15 is 0 Å². The van der Waals surface area contributed by atoms with Crippen molar-refractivity contribution in [2.24, 2.45) is 0 Å². The van der Waals surface area contributed by atoms with Crippen molar-refractivity contribution < 1.29 is 4.79 Å². The van der Waals surface area contributed by atoms with Crippen LogP contribution in [-0.4, -0.2) is 59.1 Å². The summed E-state index contributed by atoms with van der Waals surface area (Å²) in [5, 5.41) is 7.73. The monoisotopic (exact) mass is 306 g/mol. The van der Waals surface area contributed by atoms with E-state index in [2.05, 4.69) is 10.6 Å². The summed E-state index contributed by atoms with van der Waals surface area (Å²) in [4.78, 5) is 11.8. The minimum Gasteiger partial charge on any atom is -0.354 e. The molecule has 3 nitrogen and oxygen atoms in total. The van der Waals surface area contributed by atoms with Gasteiger partial charge in [-0.15, -0.1) is 11.8 Å². The van der Waals surface area contributed by atoms with E-state index in [9.17, 15) is 4.79 Å². The van der Waals surface area contributed by atoms with Crippen molar-refractivity contribution in [3.05, 3.63) is 0 Å². The lowest BCUT2D eigenvalue weighted by Crippen LogP contribution is -2.35. The molecule has 0 bridgehead atoms. The van der Waals surface area contributed by atoms with E-state index in [0.29, 0.717) is 16.3 Å². The molecule has 0 aromatic rings. The van der Waals surface area contributed by atoms with Crippen molar-refractivity contribution in [1.82, 2.24) is 10.6 Å². The number of hydrogen-bond acceptors (Lipinski definition) is 5. The van der Waals surface area contributed by atoms with Crippen LogP contribution in [0, 0.1) is 0 Å². The molecule has 0 aromatic heterocycles. The van der Waals surface area contributed by atoms with Crippen molar-refractivity contribution in [1.29, 1.82) is 0 Å². The van der Waals surface area contributed by atoms with Crippen molar-refractivity contribution in [3.63, 3.8) is 0 Å². The van der Waals surface area contributed by atoms with Crippen molar-refractivity contribution in [2.45, 2.75) is 23.3 Å². The van der Waals surface area contributed by atoms with E-state index in [1.807, 2.05) is 35.3 Å². The Labute approximate surface area is 122 Å². The predicted octanol–water partition coefficient (Wildman–Crippen LogP) is 1.44. The van der Waals surface area contributed by atoms with Crippen molar-refractivity contribution in [3.8, 4) is 0 Å². The summed E-state index contributed by atoms with van der Waals surface area (Å²) in [7, 11) is 0. The van der Waals surface area contributed by atoms with Gasteiger partial charge in [-0.05, 0) is 25.9 Å². The second-order valence-electron chi connectivity index (χ2n) is 4.63. The quantitative estimate of drug-likeness (QED) is 0.804. The molecule has 1 unspecified atom stereocenters. The molecule has 104 valence electrons. The Morgan fingerprint density at radius 2 is 2.17 bits per heavy atom. The predicted molar refractivity (Wildman–Crippen MR) is 84.9 cm³/mol. The Morgan fingerprint density at radius 3 is 2.89 bits per heavy atom. The second kappa shape index (κ2) is 8.61. The standard InChI is InChI=1S/C12H22N2OS3/c15-12(9-18-10-1-3-13-4-2-10)14-7-11-8-16-5-6-17-11/h10-11,13H,1-9H2,(H,14,15). The lowest BCUT2D eigenvalue weighted by atomic mass is 10.2. The Kier molecular flexibility index (Phi) is 7.12. The van der Waals surface area contributed by atoms with E-state index in [1.54, 1.807) is 0 Å². The van der Waals surface area contributed by atoms with E-state index in [1.165, 1.54) is 30.1 Å². The summed E-state index contributed by atoms with van der Waals surface area (Å²) in [5.41, 5.74) is 0. The molecule has 2 aliphatic rings. The first kappa shape index (κ1) is 14.9. The fourth-order valence-electron chi connectivity index (χ4n) is 2.09. The Balaban J connectivity index is 1.54.